The van der Waals surface area contributed by atoms with E-state index >= 15 is 0 Å². The lowest BCUT2D eigenvalue weighted by molar-refractivity contribution is -0.384. The summed E-state index contributed by atoms with van der Waals surface area (Å²) in [6, 6.07) is 11.5. The number of hydrogen-bond donors (Lipinski definition) is 0. The van der Waals surface area contributed by atoms with Crippen molar-refractivity contribution in [3.05, 3.63) is 80.5 Å². The number of non-ortho nitro benzene ring substituents is 1. The fourth-order valence-electron chi connectivity index (χ4n) is 2.08. The molecule has 0 spiro atoms. The molecule has 0 aliphatic carbocycles. The van der Waals surface area contributed by atoms with Crippen LogP contribution in [0.2, 0.25) is 0 Å². The van der Waals surface area contributed by atoms with Gasteiger partial charge in [-0.05, 0) is 53.7 Å². The lowest BCUT2D eigenvalue weighted by atomic mass is 10.2. The fourth-order valence-corrected chi connectivity index (χ4v) is 3.25. The highest BCUT2D eigenvalue weighted by atomic mass is 32.2. The standard InChI is InChI=1S/C17H10FN3O3S2/c18-13-5-1-11(2-6-13)9-15-16(22)20(17(25)26-15)19-10-12-3-7-14(8-4-12)21(23)24/h1-10H/b15-9+,19-10+. The van der Waals surface area contributed by atoms with Gasteiger partial charge in [0.1, 0.15) is 5.82 Å². The van der Waals surface area contributed by atoms with Gasteiger partial charge in [-0.3, -0.25) is 14.9 Å². The number of carbonyl (C=O) groups excluding carboxylic acids is 1. The normalized spacial score (nSPS) is 16.0. The zero-order chi connectivity index (χ0) is 18.7. The monoisotopic (exact) mass is 387 g/mol. The zero-order valence-corrected chi connectivity index (χ0v) is 14.7. The largest absolute Gasteiger partial charge is 0.286 e. The lowest BCUT2D eigenvalue weighted by Gasteiger charge is -2.05. The summed E-state index contributed by atoms with van der Waals surface area (Å²) >= 11 is 6.26. The number of thioether (sulfide) groups is 1. The number of benzene rings is 2. The number of thiocarbonyl (C=S) groups is 1. The molecule has 6 nitrogen and oxygen atoms in total. The van der Waals surface area contributed by atoms with Crippen molar-refractivity contribution in [2.24, 2.45) is 5.10 Å². The van der Waals surface area contributed by atoms with Crippen LogP contribution in [0.25, 0.3) is 6.08 Å². The second-order valence-corrected chi connectivity index (χ2v) is 6.81. The molecule has 0 saturated carbocycles. The van der Waals surface area contributed by atoms with Crippen LogP contribution in [0.3, 0.4) is 0 Å². The highest BCUT2D eigenvalue weighted by Gasteiger charge is 2.32. The third kappa shape index (κ3) is 4.01. The number of amides is 1. The third-order valence-corrected chi connectivity index (χ3v) is 4.65. The predicted octanol–water partition coefficient (Wildman–Crippen LogP) is 3.97. The number of rotatable bonds is 4. The average Bonchev–Trinajstić information content (AvgIpc) is 2.89. The van der Waals surface area contributed by atoms with Gasteiger partial charge in [0.2, 0.25) is 0 Å². The maximum absolute atomic E-state index is 13.0. The van der Waals surface area contributed by atoms with Crippen LogP contribution in [-0.2, 0) is 4.79 Å². The molecule has 0 atom stereocenters. The molecule has 0 bridgehead atoms. The van der Waals surface area contributed by atoms with Crippen molar-refractivity contribution >= 4 is 52.2 Å². The maximum atomic E-state index is 13.0. The number of hydrogen-bond acceptors (Lipinski definition) is 6. The Kier molecular flexibility index (Phi) is 5.19. The van der Waals surface area contributed by atoms with E-state index in [0.29, 0.717) is 16.0 Å². The van der Waals surface area contributed by atoms with Gasteiger partial charge in [-0.25, -0.2) is 4.39 Å². The van der Waals surface area contributed by atoms with Crippen LogP contribution in [0.1, 0.15) is 11.1 Å². The van der Waals surface area contributed by atoms with E-state index in [-0.39, 0.29) is 21.7 Å². The van der Waals surface area contributed by atoms with E-state index in [9.17, 15) is 19.3 Å². The highest BCUT2D eigenvalue weighted by Crippen LogP contribution is 2.32. The van der Waals surface area contributed by atoms with Gasteiger partial charge in [-0.2, -0.15) is 10.1 Å². The van der Waals surface area contributed by atoms with Gasteiger partial charge in [-0.1, -0.05) is 23.9 Å². The van der Waals surface area contributed by atoms with Gasteiger partial charge in [0.15, 0.2) is 4.32 Å². The molecule has 2 aromatic rings. The van der Waals surface area contributed by atoms with Crippen LogP contribution >= 0.6 is 24.0 Å². The summed E-state index contributed by atoms with van der Waals surface area (Å²) in [5, 5.41) is 15.8. The van der Waals surface area contributed by atoms with Gasteiger partial charge in [-0.15, -0.1) is 0 Å². The number of carbonyl (C=O) groups is 1. The molecule has 130 valence electrons. The van der Waals surface area contributed by atoms with Crippen molar-refractivity contribution in [2.75, 3.05) is 0 Å². The first-order valence-corrected chi connectivity index (χ1v) is 8.48. The number of hydrazone groups is 1. The Labute approximate surface area is 157 Å². The molecular formula is C17H10FN3O3S2. The molecule has 0 radical (unpaired) electrons. The number of halogens is 1. The molecule has 3 rings (SSSR count). The second-order valence-electron chi connectivity index (χ2n) is 5.14. The summed E-state index contributed by atoms with van der Waals surface area (Å²) in [5.41, 5.74) is 1.23. The first-order valence-electron chi connectivity index (χ1n) is 7.26. The molecule has 1 fully saturated rings. The van der Waals surface area contributed by atoms with Crippen LogP contribution in [0.15, 0.2) is 58.5 Å². The molecule has 1 aliphatic heterocycles. The topological polar surface area (TPSA) is 75.8 Å². The third-order valence-electron chi connectivity index (χ3n) is 3.37. The molecule has 0 N–H and O–H groups in total. The Morgan fingerprint density at radius 2 is 1.73 bits per heavy atom. The molecule has 1 amide bonds. The lowest BCUT2D eigenvalue weighted by Crippen LogP contribution is -2.22. The van der Waals surface area contributed by atoms with E-state index in [1.807, 2.05) is 0 Å². The Hall–Kier alpha value is -2.91. The first kappa shape index (κ1) is 17.9. The van der Waals surface area contributed by atoms with E-state index in [0.717, 1.165) is 16.8 Å². The van der Waals surface area contributed by atoms with Crippen LogP contribution in [0, 0.1) is 15.9 Å². The summed E-state index contributed by atoms with van der Waals surface area (Å²) in [7, 11) is 0. The Morgan fingerprint density at radius 3 is 2.35 bits per heavy atom. The quantitative estimate of drug-likeness (QED) is 0.261. The minimum absolute atomic E-state index is 0.0324. The molecule has 1 saturated heterocycles. The van der Waals surface area contributed by atoms with E-state index < -0.39 is 4.92 Å². The van der Waals surface area contributed by atoms with E-state index in [4.69, 9.17) is 12.2 Å². The molecule has 1 heterocycles. The van der Waals surface area contributed by atoms with Crippen LogP contribution in [-0.4, -0.2) is 26.4 Å². The van der Waals surface area contributed by atoms with Gasteiger partial charge >= 0.3 is 0 Å². The number of nitrogens with zero attached hydrogens (tertiary/aromatic N) is 3. The van der Waals surface area contributed by atoms with Crippen molar-refractivity contribution in [1.82, 2.24) is 5.01 Å². The molecule has 0 unspecified atom stereocenters. The average molecular weight is 387 g/mol. The predicted molar refractivity (Wildman–Crippen MR) is 102 cm³/mol. The summed E-state index contributed by atoms with van der Waals surface area (Å²) in [6.07, 6.45) is 3.01. The summed E-state index contributed by atoms with van der Waals surface area (Å²) < 4.78 is 13.2. The Bertz CT molecular complexity index is 941. The fraction of sp³-hybridized carbons (Fsp3) is 0. The van der Waals surface area contributed by atoms with E-state index in [2.05, 4.69) is 5.10 Å². The molecule has 9 heteroatoms. The number of nitro benzene ring substituents is 1. The molecule has 26 heavy (non-hydrogen) atoms. The summed E-state index contributed by atoms with van der Waals surface area (Å²) in [6.45, 7) is 0. The minimum Gasteiger partial charge on any atom is -0.266 e. The van der Waals surface area contributed by atoms with Crippen molar-refractivity contribution in [3.63, 3.8) is 0 Å². The number of nitro groups is 1. The van der Waals surface area contributed by atoms with Crippen LogP contribution in [0.4, 0.5) is 10.1 Å². The van der Waals surface area contributed by atoms with Crippen molar-refractivity contribution in [1.29, 1.82) is 0 Å². The molecular weight excluding hydrogens is 377 g/mol. The first-order chi connectivity index (χ1) is 12.4. The van der Waals surface area contributed by atoms with Crippen LogP contribution in [0.5, 0.6) is 0 Å². The zero-order valence-electron chi connectivity index (χ0n) is 13.0. The molecule has 0 aromatic heterocycles. The van der Waals surface area contributed by atoms with Crippen molar-refractivity contribution < 1.29 is 14.1 Å². The molecule has 2 aromatic carbocycles. The molecule has 1 aliphatic rings. The van der Waals surface area contributed by atoms with Crippen molar-refractivity contribution in [2.45, 2.75) is 0 Å². The summed E-state index contributed by atoms with van der Waals surface area (Å²) in [5.74, 6) is -0.745. The second kappa shape index (κ2) is 7.54. The van der Waals surface area contributed by atoms with Crippen molar-refractivity contribution in [3.8, 4) is 0 Å². The highest BCUT2D eigenvalue weighted by molar-refractivity contribution is 8.26. The van der Waals surface area contributed by atoms with Gasteiger partial charge in [0, 0.05) is 12.1 Å². The Balaban J connectivity index is 1.76. The van der Waals surface area contributed by atoms with Gasteiger partial charge in [0.25, 0.3) is 11.6 Å². The summed E-state index contributed by atoms with van der Waals surface area (Å²) in [4.78, 5) is 22.9. The maximum Gasteiger partial charge on any atom is 0.286 e. The smallest absolute Gasteiger partial charge is 0.266 e. The minimum atomic E-state index is -0.497. The van der Waals surface area contributed by atoms with E-state index in [1.165, 1.54) is 42.6 Å². The Morgan fingerprint density at radius 1 is 1.12 bits per heavy atom. The van der Waals surface area contributed by atoms with Crippen LogP contribution < -0.4 is 0 Å². The SMILES string of the molecule is O=C1/C(=C\c2ccc(F)cc2)SC(=S)N1/N=C/c1ccc([N+](=O)[O-])cc1. The van der Waals surface area contributed by atoms with E-state index in [1.54, 1.807) is 18.2 Å². The van der Waals surface area contributed by atoms with Gasteiger partial charge in [0.05, 0.1) is 16.0 Å². The van der Waals surface area contributed by atoms with Gasteiger partial charge < -0.3 is 0 Å².